The van der Waals surface area contributed by atoms with Gasteiger partial charge in [0.2, 0.25) is 0 Å². The van der Waals surface area contributed by atoms with E-state index in [0.29, 0.717) is 12.1 Å². The minimum Gasteiger partial charge on any atom is -0.378 e. The number of hydrogen-bond donors (Lipinski definition) is 1. The van der Waals surface area contributed by atoms with Crippen LogP contribution in [0.15, 0.2) is 10.6 Å². The molecular weight excluding hydrogens is 216 g/mol. The number of ether oxygens (including phenoxy) is 1. The molecule has 1 aliphatic heterocycles. The second-order valence-electron chi connectivity index (χ2n) is 4.81. The molecule has 1 aliphatic rings. The zero-order chi connectivity index (χ0) is 12.1. The largest absolute Gasteiger partial charge is 0.378 e. The van der Waals surface area contributed by atoms with Gasteiger partial charge in [-0.25, -0.2) is 0 Å². The fourth-order valence-electron chi connectivity index (χ4n) is 2.34. The molecule has 4 nitrogen and oxygen atoms in total. The van der Waals surface area contributed by atoms with Crippen molar-refractivity contribution in [3.8, 4) is 0 Å². The number of nitrogens with zero attached hydrogens (tertiary/aromatic N) is 1. The predicted molar refractivity (Wildman–Crippen MR) is 65.7 cm³/mol. The van der Waals surface area contributed by atoms with Crippen molar-refractivity contribution in [1.29, 1.82) is 0 Å². The van der Waals surface area contributed by atoms with Crippen LogP contribution in [-0.2, 0) is 11.3 Å². The fourth-order valence-corrected chi connectivity index (χ4v) is 2.34. The molecule has 0 aromatic carbocycles. The number of hydrogen-bond acceptors (Lipinski definition) is 4. The summed E-state index contributed by atoms with van der Waals surface area (Å²) in [6.07, 6.45) is 5.01. The number of aromatic nitrogens is 1. The quantitative estimate of drug-likeness (QED) is 0.855. The van der Waals surface area contributed by atoms with Crippen LogP contribution in [0.2, 0.25) is 0 Å². The van der Waals surface area contributed by atoms with Gasteiger partial charge in [-0.3, -0.25) is 0 Å². The lowest BCUT2D eigenvalue weighted by Crippen LogP contribution is -2.38. The van der Waals surface area contributed by atoms with Crippen LogP contribution in [0.4, 0.5) is 0 Å². The van der Waals surface area contributed by atoms with E-state index in [-0.39, 0.29) is 0 Å². The second-order valence-corrected chi connectivity index (χ2v) is 4.81. The second kappa shape index (κ2) is 6.17. The van der Waals surface area contributed by atoms with E-state index in [2.05, 4.69) is 17.4 Å². The number of aryl methyl sites for hydroxylation is 1. The molecule has 1 N–H and O–H groups in total. The van der Waals surface area contributed by atoms with Gasteiger partial charge in [0.25, 0.3) is 0 Å². The van der Waals surface area contributed by atoms with Crippen LogP contribution in [0.5, 0.6) is 0 Å². The van der Waals surface area contributed by atoms with Crippen LogP contribution in [0.25, 0.3) is 0 Å². The van der Waals surface area contributed by atoms with Crippen molar-refractivity contribution >= 4 is 0 Å². The van der Waals surface area contributed by atoms with E-state index < -0.39 is 0 Å². The topological polar surface area (TPSA) is 47.3 Å². The molecule has 1 saturated heterocycles. The lowest BCUT2D eigenvalue weighted by atomic mass is 10.00. The maximum absolute atomic E-state index is 5.73. The molecule has 0 saturated carbocycles. The van der Waals surface area contributed by atoms with Crippen molar-refractivity contribution in [2.45, 2.75) is 58.2 Å². The lowest BCUT2D eigenvalue weighted by molar-refractivity contribution is -0.00350. The summed E-state index contributed by atoms with van der Waals surface area (Å²) in [5, 5.41) is 7.52. The highest BCUT2D eigenvalue weighted by molar-refractivity contribution is 5.03. The molecule has 4 heteroatoms. The van der Waals surface area contributed by atoms with E-state index in [0.717, 1.165) is 37.4 Å². The molecule has 2 unspecified atom stereocenters. The third kappa shape index (κ3) is 3.82. The SMILES string of the molecule is CCCC1CC(NCc2cc(C)on2)CCO1. The van der Waals surface area contributed by atoms with Gasteiger partial charge in [-0.15, -0.1) is 0 Å². The van der Waals surface area contributed by atoms with Crippen LogP contribution >= 0.6 is 0 Å². The highest BCUT2D eigenvalue weighted by Gasteiger charge is 2.21. The van der Waals surface area contributed by atoms with Crippen molar-refractivity contribution in [2.24, 2.45) is 0 Å². The van der Waals surface area contributed by atoms with Crippen LogP contribution in [0.3, 0.4) is 0 Å². The van der Waals surface area contributed by atoms with Crippen LogP contribution in [0.1, 0.15) is 44.1 Å². The first kappa shape index (κ1) is 12.6. The average molecular weight is 238 g/mol. The Morgan fingerprint density at radius 2 is 2.41 bits per heavy atom. The summed E-state index contributed by atoms with van der Waals surface area (Å²) in [6.45, 7) is 5.79. The summed E-state index contributed by atoms with van der Waals surface area (Å²) in [7, 11) is 0. The molecule has 1 fully saturated rings. The van der Waals surface area contributed by atoms with Gasteiger partial charge in [0.05, 0.1) is 11.8 Å². The Morgan fingerprint density at radius 1 is 1.53 bits per heavy atom. The van der Waals surface area contributed by atoms with Crippen molar-refractivity contribution in [3.63, 3.8) is 0 Å². The Morgan fingerprint density at radius 3 is 3.12 bits per heavy atom. The summed E-state index contributed by atoms with van der Waals surface area (Å²) >= 11 is 0. The molecule has 96 valence electrons. The van der Waals surface area contributed by atoms with Gasteiger partial charge in [0.15, 0.2) is 0 Å². The van der Waals surface area contributed by atoms with Crippen molar-refractivity contribution < 1.29 is 9.26 Å². The molecule has 2 atom stereocenters. The van der Waals surface area contributed by atoms with Gasteiger partial charge in [-0.2, -0.15) is 0 Å². The van der Waals surface area contributed by atoms with E-state index >= 15 is 0 Å². The van der Waals surface area contributed by atoms with Gasteiger partial charge in [-0.05, 0) is 26.2 Å². The van der Waals surface area contributed by atoms with Crippen molar-refractivity contribution in [3.05, 3.63) is 17.5 Å². The zero-order valence-corrected chi connectivity index (χ0v) is 10.7. The standard InChI is InChI=1S/C13H22N2O2/c1-3-4-13-8-11(5-6-16-13)14-9-12-7-10(2)17-15-12/h7,11,13-14H,3-6,8-9H2,1-2H3. The summed E-state index contributed by atoms with van der Waals surface area (Å²) in [5.74, 6) is 0.873. The maximum Gasteiger partial charge on any atom is 0.133 e. The Balaban J connectivity index is 1.75. The fraction of sp³-hybridized carbons (Fsp3) is 0.769. The molecule has 0 aliphatic carbocycles. The highest BCUT2D eigenvalue weighted by atomic mass is 16.5. The average Bonchev–Trinajstić information content (AvgIpc) is 2.74. The highest BCUT2D eigenvalue weighted by Crippen LogP contribution is 2.18. The van der Waals surface area contributed by atoms with Crippen LogP contribution < -0.4 is 5.32 Å². The molecule has 2 rings (SSSR count). The minimum atomic E-state index is 0.435. The van der Waals surface area contributed by atoms with E-state index in [4.69, 9.17) is 9.26 Å². The Hall–Kier alpha value is -0.870. The lowest BCUT2D eigenvalue weighted by Gasteiger charge is -2.29. The Bertz CT molecular complexity index is 336. The molecule has 0 radical (unpaired) electrons. The molecule has 1 aromatic rings. The Kier molecular flexibility index (Phi) is 4.57. The van der Waals surface area contributed by atoms with E-state index in [1.165, 1.54) is 12.8 Å². The van der Waals surface area contributed by atoms with Crippen LogP contribution in [-0.4, -0.2) is 23.9 Å². The van der Waals surface area contributed by atoms with Gasteiger partial charge >= 0.3 is 0 Å². The van der Waals surface area contributed by atoms with Gasteiger partial charge in [0, 0.05) is 25.3 Å². The predicted octanol–water partition coefficient (Wildman–Crippen LogP) is 2.42. The van der Waals surface area contributed by atoms with Crippen molar-refractivity contribution in [1.82, 2.24) is 10.5 Å². The molecule has 0 bridgehead atoms. The minimum absolute atomic E-state index is 0.435. The van der Waals surface area contributed by atoms with Crippen molar-refractivity contribution in [2.75, 3.05) is 6.61 Å². The summed E-state index contributed by atoms with van der Waals surface area (Å²) in [6, 6.07) is 2.54. The summed E-state index contributed by atoms with van der Waals surface area (Å²) in [4.78, 5) is 0. The number of nitrogens with one attached hydrogen (secondary N) is 1. The van der Waals surface area contributed by atoms with Gasteiger partial charge < -0.3 is 14.6 Å². The molecule has 2 heterocycles. The number of rotatable bonds is 5. The van der Waals surface area contributed by atoms with E-state index in [1.807, 2.05) is 13.0 Å². The third-order valence-electron chi connectivity index (χ3n) is 3.23. The molecule has 1 aromatic heterocycles. The normalized spacial score (nSPS) is 25.1. The monoisotopic (exact) mass is 238 g/mol. The van der Waals surface area contributed by atoms with Crippen LogP contribution in [0, 0.1) is 6.92 Å². The first-order valence-corrected chi connectivity index (χ1v) is 6.55. The van der Waals surface area contributed by atoms with Gasteiger partial charge in [0.1, 0.15) is 5.76 Å². The molecular formula is C13H22N2O2. The summed E-state index contributed by atoms with van der Waals surface area (Å²) < 4.78 is 10.8. The third-order valence-corrected chi connectivity index (χ3v) is 3.23. The zero-order valence-electron chi connectivity index (χ0n) is 10.7. The smallest absolute Gasteiger partial charge is 0.133 e. The summed E-state index contributed by atoms with van der Waals surface area (Å²) in [5.41, 5.74) is 0.987. The maximum atomic E-state index is 5.73. The molecule has 0 spiro atoms. The Labute approximate surface area is 103 Å². The first-order valence-electron chi connectivity index (χ1n) is 6.55. The molecule has 17 heavy (non-hydrogen) atoms. The van der Waals surface area contributed by atoms with E-state index in [9.17, 15) is 0 Å². The first-order chi connectivity index (χ1) is 8.28. The van der Waals surface area contributed by atoms with Gasteiger partial charge in [-0.1, -0.05) is 18.5 Å². The van der Waals surface area contributed by atoms with E-state index in [1.54, 1.807) is 0 Å². The molecule has 0 amide bonds.